The van der Waals surface area contributed by atoms with Gasteiger partial charge in [0, 0.05) is 4.88 Å². The third kappa shape index (κ3) is 2.95. The van der Waals surface area contributed by atoms with Crippen LogP contribution in [0.3, 0.4) is 0 Å². The lowest BCUT2D eigenvalue weighted by molar-refractivity contribution is 0.112. The largest absolute Gasteiger partial charge is 0.297 e. The Bertz CT molecular complexity index is 736. The van der Waals surface area contributed by atoms with Crippen LogP contribution in [0.2, 0.25) is 0 Å². The molecular formula is C17H12OS2. The molecule has 3 rings (SSSR count). The molecule has 3 aromatic rings. The quantitative estimate of drug-likeness (QED) is 0.584. The van der Waals surface area contributed by atoms with Gasteiger partial charge >= 0.3 is 0 Å². The molecule has 0 spiro atoms. The predicted octanol–water partition coefficient (Wildman–Crippen LogP) is 5.46. The first kappa shape index (κ1) is 13.0. The average molecular weight is 296 g/mol. The van der Waals surface area contributed by atoms with Crippen molar-refractivity contribution in [3.63, 3.8) is 0 Å². The summed E-state index contributed by atoms with van der Waals surface area (Å²) in [4.78, 5) is 12.5. The van der Waals surface area contributed by atoms with Gasteiger partial charge in [-0.15, -0.1) is 11.3 Å². The highest BCUT2D eigenvalue weighted by atomic mass is 32.1. The highest BCUT2D eigenvalue weighted by molar-refractivity contribution is 7.14. The Kier molecular flexibility index (Phi) is 3.90. The molecule has 0 unspecified atom stereocenters. The molecule has 1 aromatic carbocycles. The minimum atomic E-state index is 0.761. The van der Waals surface area contributed by atoms with Crippen LogP contribution in [0.4, 0.5) is 0 Å². The van der Waals surface area contributed by atoms with Gasteiger partial charge in [0.05, 0.1) is 4.88 Å². The number of carbonyl (C=O) groups is 1. The summed E-state index contributed by atoms with van der Waals surface area (Å²) in [6.07, 6.45) is 5.01. The summed E-state index contributed by atoms with van der Waals surface area (Å²) in [6, 6.07) is 14.4. The Morgan fingerprint density at radius 2 is 1.80 bits per heavy atom. The van der Waals surface area contributed by atoms with E-state index in [2.05, 4.69) is 47.2 Å². The molecule has 0 aliphatic rings. The average Bonchev–Trinajstić information content (AvgIpc) is 3.17. The van der Waals surface area contributed by atoms with E-state index < -0.39 is 0 Å². The van der Waals surface area contributed by atoms with Gasteiger partial charge in [0.2, 0.25) is 0 Å². The van der Waals surface area contributed by atoms with E-state index in [1.165, 1.54) is 22.5 Å². The molecule has 0 saturated heterocycles. The molecule has 0 bridgehead atoms. The van der Waals surface area contributed by atoms with Crippen LogP contribution in [0.25, 0.3) is 23.3 Å². The van der Waals surface area contributed by atoms with Crippen molar-refractivity contribution in [3.8, 4) is 11.1 Å². The van der Waals surface area contributed by atoms with Crippen molar-refractivity contribution in [2.24, 2.45) is 0 Å². The number of hydrogen-bond donors (Lipinski definition) is 0. The van der Waals surface area contributed by atoms with Crippen LogP contribution >= 0.6 is 22.7 Å². The summed E-state index contributed by atoms with van der Waals surface area (Å²) in [5.74, 6) is 0. The second-order valence-corrected chi connectivity index (χ2v) is 6.26. The van der Waals surface area contributed by atoms with Gasteiger partial charge in [-0.1, -0.05) is 24.3 Å². The lowest BCUT2D eigenvalue weighted by Crippen LogP contribution is -1.76. The topological polar surface area (TPSA) is 17.1 Å². The molecule has 0 fully saturated rings. The van der Waals surface area contributed by atoms with Gasteiger partial charge in [-0.05, 0) is 57.8 Å². The van der Waals surface area contributed by atoms with Crippen LogP contribution in [0.5, 0.6) is 0 Å². The molecule has 3 heteroatoms. The van der Waals surface area contributed by atoms with E-state index >= 15 is 0 Å². The van der Waals surface area contributed by atoms with Crippen LogP contribution < -0.4 is 0 Å². The van der Waals surface area contributed by atoms with Crippen molar-refractivity contribution in [2.45, 2.75) is 0 Å². The number of carbonyl (C=O) groups excluding carboxylic acids is 1. The maximum Gasteiger partial charge on any atom is 0.160 e. The standard InChI is InChI=1S/C17H12OS2/c18-11-17-7-6-16(20-17)5-4-13-2-1-3-14(10-13)15-8-9-19-12-15/h1-12H. The molecular weight excluding hydrogens is 284 g/mol. The smallest absolute Gasteiger partial charge is 0.160 e. The van der Waals surface area contributed by atoms with Crippen molar-refractivity contribution in [2.75, 3.05) is 0 Å². The third-order valence-corrected chi connectivity index (χ3v) is 4.60. The fraction of sp³-hybridized carbons (Fsp3) is 0. The second-order valence-electron chi connectivity index (χ2n) is 4.33. The highest BCUT2D eigenvalue weighted by Gasteiger charge is 1.99. The van der Waals surface area contributed by atoms with E-state index in [0.717, 1.165) is 21.6 Å². The zero-order valence-electron chi connectivity index (χ0n) is 10.7. The summed E-state index contributed by atoms with van der Waals surface area (Å²) in [5, 5.41) is 4.24. The molecule has 2 heterocycles. The number of aldehydes is 1. The van der Waals surface area contributed by atoms with Crippen LogP contribution in [0.1, 0.15) is 20.1 Å². The van der Waals surface area contributed by atoms with Crippen molar-refractivity contribution in [1.82, 2.24) is 0 Å². The van der Waals surface area contributed by atoms with Gasteiger partial charge in [-0.2, -0.15) is 11.3 Å². The zero-order chi connectivity index (χ0) is 13.8. The van der Waals surface area contributed by atoms with Gasteiger partial charge in [0.25, 0.3) is 0 Å². The summed E-state index contributed by atoms with van der Waals surface area (Å²) < 4.78 is 0. The normalized spacial score (nSPS) is 11.0. The molecule has 0 N–H and O–H groups in total. The van der Waals surface area contributed by atoms with E-state index in [1.807, 2.05) is 18.2 Å². The Hall–Kier alpha value is -1.97. The van der Waals surface area contributed by atoms with E-state index in [9.17, 15) is 4.79 Å². The Labute approximate surface area is 125 Å². The van der Waals surface area contributed by atoms with Gasteiger partial charge in [0.1, 0.15) is 0 Å². The van der Waals surface area contributed by atoms with Crippen molar-refractivity contribution >= 4 is 41.1 Å². The molecule has 2 aromatic heterocycles. The maximum absolute atomic E-state index is 10.7. The van der Waals surface area contributed by atoms with E-state index in [4.69, 9.17) is 0 Å². The van der Waals surface area contributed by atoms with Gasteiger partial charge in [0.15, 0.2) is 6.29 Å². The molecule has 1 nitrogen and oxygen atoms in total. The first-order valence-corrected chi connectivity index (χ1v) is 7.97. The van der Waals surface area contributed by atoms with Gasteiger partial charge in [-0.3, -0.25) is 4.79 Å². The van der Waals surface area contributed by atoms with Crippen LogP contribution in [0.15, 0.2) is 53.2 Å². The number of hydrogen-bond acceptors (Lipinski definition) is 3. The van der Waals surface area contributed by atoms with Crippen molar-refractivity contribution in [3.05, 3.63) is 68.5 Å². The zero-order valence-corrected chi connectivity index (χ0v) is 12.3. The molecule has 0 atom stereocenters. The summed E-state index contributed by atoms with van der Waals surface area (Å²) in [6.45, 7) is 0. The Morgan fingerprint density at radius 1 is 0.900 bits per heavy atom. The number of benzene rings is 1. The third-order valence-electron chi connectivity index (χ3n) is 2.94. The molecule has 0 amide bonds. The van der Waals surface area contributed by atoms with Crippen molar-refractivity contribution in [1.29, 1.82) is 0 Å². The second kappa shape index (κ2) is 5.99. The molecule has 98 valence electrons. The van der Waals surface area contributed by atoms with Gasteiger partial charge in [-0.25, -0.2) is 0 Å². The van der Waals surface area contributed by atoms with E-state index in [0.29, 0.717) is 0 Å². The van der Waals surface area contributed by atoms with Gasteiger partial charge < -0.3 is 0 Å². The SMILES string of the molecule is O=Cc1ccc(C=Cc2cccc(-c3ccsc3)c2)s1. The van der Waals surface area contributed by atoms with E-state index in [-0.39, 0.29) is 0 Å². The first-order valence-electron chi connectivity index (χ1n) is 6.21. The number of thiophene rings is 2. The minimum absolute atomic E-state index is 0.761. The maximum atomic E-state index is 10.7. The minimum Gasteiger partial charge on any atom is -0.297 e. The van der Waals surface area contributed by atoms with Crippen LogP contribution in [-0.4, -0.2) is 6.29 Å². The van der Waals surface area contributed by atoms with Crippen molar-refractivity contribution < 1.29 is 4.79 Å². The molecule has 0 radical (unpaired) electrons. The summed E-state index contributed by atoms with van der Waals surface area (Å²) >= 11 is 3.21. The van der Waals surface area contributed by atoms with E-state index in [1.54, 1.807) is 11.3 Å². The molecule has 0 aliphatic heterocycles. The molecule has 0 aliphatic carbocycles. The fourth-order valence-electron chi connectivity index (χ4n) is 1.95. The highest BCUT2D eigenvalue weighted by Crippen LogP contribution is 2.24. The fourth-order valence-corrected chi connectivity index (χ4v) is 3.34. The predicted molar refractivity (Wildman–Crippen MR) is 88.4 cm³/mol. The molecule has 0 saturated carbocycles. The molecule has 20 heavy (non-hydrogen) atoms. The Morgan fingerprint density at radius 3 is 2.55 bits per heavy atom. The summed E-state index contributed by atoms with van der Waals surface area (Å²) in [7, 11) is 0. The Balaban J connectivity index is 1.84. The van der Waals surface area contributed by atoms with Crippen LogP contribution in [-0.2, 0) is 0 Å². The van der Waals surface area contributed by atoms with Crippen LogP contribution in [0, 0.1) is 0 Å². The first-order chi connectivity index (χ1) is 9.85. The monoisotopic (exact) mass is 296 g/mol. The lowest BCUT2D eigenvalue weighted by atomic mass is 10.1. The summed E-state index contributed by atoms with van der Waals surface area (Å²) in [5.41, 5.74) is 3.65. The number of rotatable bonds is 4. The lowest BCUT2D eigenvalue weighted by Gasteiger charge is -1.99.